The van der Waals surface area contributed by atoms with Crippen molar-refractivity contribution in [2.75, 3.05) is 25.0 Å². The zero-order valence-corrected chi connectivity index (χ0v) is 10.4. The SMILES string of the molecule is CCc1ccccc1N1CC(CNC)NC1=O. The topological polar surface area (TPSA) is 44.4 Å². The maximum absolute atomic E-state index is 11.9. The van der Waals surface area contributed by atoms with Gasteiger partial charge in [-0.2, -0.15) is 0 Å². The smallest absolute Gasteiger partial charge is 0.322 e. The average Bonchev–Trinajstić information content (AvgIpc) is 2.70. The van der Waals surface area contributed by atoms with Gasteiger partial charge < -0.3 is 10.6 Å². The lowest BCUT2D eigenvalue weighted by atomic mass is 10.1. The molecule has 0 radical (unpaired) electrons. The molecular formula is C13H19N3O. The number of hydrogen-bond donors (Lipinski definition) is 2. The molecule has 0 aromatic heterocycles. The van der Waals surface area contributed by atoms with E-state index in [4.69, 9.17) is 0 Å². The highest BCUT2D eigenvalue weighted by Crippen LogP contribution is 2.23. The monoisotopic (exact) mass is 233 g/mol. The summed E-state index contributed by atoms with van der Waals surface area (Å²) < 4.78 is 0. The molecule has 1 aromatic carbocycles. The lowest BCUT2D eigenvalue weighted by Gasteiger charge is -2.18. The van der Waals surface area contributed by atoms with Crippen LogP contribution in [0.15, 0.2) is 24.3 Å². The molecule has 0 saturated carbocycles. The predicted molar refractivity (Wildman–Crippen MR) is 69.4 cm³/mol. The molecule has 0 aliphatic carbocycles. The number of para-hydroxylation sites is 1. The summed E-state index contributed by atoms with van der Waals surface area (Å²) >= 11 is 0. The first-order chi connectivity index (χ1) is 8.26. The fourth-order valence-electron chi connectivity index (χ4n) is 2.24. The van der Waals surface area contributed by atoms with Gasteiger partial charge in [0.05, 0.1) is 6.04 Å². The second kappa shape index (κ2) is 5.19. The number of nitrogens with one attached hydrogen (secondary N) is 2. The van der Waals surface area contributed by atoms with Crippen LogP contribution in [0.25, 0.3) is 0 Å². The molecule has 1 aromatic rings. The lowest BCUT2D eigenvalue weighted by Crippen LogP contribution is -2.35. The van der Waals surface area contributed by atoms with Gasteiger partial charge in [-0.3, -0.25) is 4.90 Å². The number of hydrogen-bond acceptors (Lipinski definition) is 2. The van der Waals surface area contributed by atoms with Gasteiger partial charge in [-0.25, -0.2) is 4.79 Å². The standard InChI is InChI=1S/C13H19N3O/c1-3-10-6-4-5-7-12(10)16-9-11(8-14-2)15-13(16)17/h4-7,11,14H,3,8-9H2,1-2H3,(H,15,17). The molecule has 0 bridgehead atoms. The van der Waals surface area contributed by atoms with E-state index in [1.54, 1.807) is 0 Å². The number of anilines is 1. The molecule has 92 valence electrons. The second-order valence-corrected chi connectivity index (χ2v) is 4.30. The van der Waals surface area contributed by atoms with Crippen LogP contribution < -0.4 is 15.5 Å². The number of nitrogens with zero attached hydrogens (tertiary/aromatic N) is 1. The van der Waals surface area contributed by atoms with E-state index in [1.807, 2.05) is 30.1 Å². The van der Waals surface area contributed by atoms with Crippen molar-refractivity contribution >= 4 is 11.7 Å². The van der Waals surface area contributed by atoms with Crippen LogP contribution in [0.1, 0.15) is 12.5 Å². The van der Waals surface area contributed by atoms with Crippen molar-refractivity contribution in [1.29, 1.82) is 0 Å². The van der Waals surface area contributed by atoms with E-state index < -0.39 is 0 Å². The first-order valence-electron chi connectivity index (χ1n) is 6.06. The van der Waals surface area contributed by atoms with Crippen molar-refractivity contribution in [2.24, 2.45) is 0 Å². The fraction of sp³-hybridized carbons (Fsp3) is 0.462. The van der Waals surface area contributed by atoms with Crippen molar-refractivity contribution in [3.05, 3.63) is 29.8 Å². The van der Waals surface area contributed by atoms with Crippen molar-refractivity contribution in [1.82, 2.24) is 10.6 Å². The minimum atomic E-state index is 0.00569. The normalized spacial score (nSPS) is 19.5. The number of aryl methyl sites for hydroxylation is 1. The Morgan fingerprint density at radius 3 is 2.94 bits per heavy atom. The van der Waals surface area contributed by atoms with Crippen molar-refractivity contribution in [3.8, 4) is 0 Å². The Balaban J connectivity index is 2.20. The van der Waals surface area contributed by atoms with Gasteiger partial charge in [-0.1, -0.05) is 25.1 Å². The van der Waals surface area contributed by atoms with E-state index in [9.17, 15) is 4.79 Å². The first-order valence-corrected chi connectivity index (χ1v) is 6.06. The number of benzene rings is 1. The van der Waals surface area contributed by atoms with E-state index in [0.29, 0.717) is 0 Å². The molecule has 1 aliphatic rings. The van der Waals surface area contributed by atoms with E-state index >= 15 is 0 Å². The number of carbonyl (C=O) groups is 1. The largest absolute Gasteiger partial charge is 0.332 e. The van der Waals surface area contributed by atoms with Gasteiger partial charge >= 0.3 is 6.03 Å². The van der Waals surface area contributed by atoms with Crippen molar-refractivity contribution < 1.29 is 4.79 Å². The van der Waals surface area contributed by atoms with E-state index in [1.165, 1.54) is 5.56 Å². The molecular weight excluding hydrogens is 214 g/mol. The molecule has 2 rings (SSSR count). The van der Waals surface area contributed by atoms with Crippen molar-refractivity contribution in [3.63, 3.8) is 0 Å². The summed E-state index contributed by atoms with van der Waals surface area (Å²) in [5, 5.41) is 6.07. The summed E-state index contributed by atoms with van der Waals surface area (Å²) in [5.74, 6) is 0. The summed E-state index contributed by atoms with van der Waals surface area (Å²) in [6, 6.07) is 8.28. The van der Waals surface area contributed by atoms with Gasteiger partial charge in [-0.15, -0.1) is 0 Å². The Morgan fingerprint density at radius 1 is 1.47 bits per heavy atom. The molecule has 1 atom stereocenters. The third-order valence-corrected chi connectivity index (χ3v) is 3.09. The summed E-state index contributed by atoms with van der Waals surface area (Å²) in [6.07, 6.45) is 0.941. The van der Waals surface area contributed by atoms with Gasteiger partial charge in [0, 0.05) is 18.8 Å². The molecule has 2 N–H and O–H groups in total. The van der Waals surface area contributed by atoms with E-state index in [2.05, 4.69) is 23.6 Å². The Morgan fingerprint density at radius 2 is 2.24 bits per heavy atom. The van der Waals surface area contributed by atoms with Gasteiger partial charge in [0.1, 0.15) is 0 Å². The lowest BCUT2D eigenvalue weighted by molar-refractivity contribution is 0.250. The molecule has 0 spiro atoms. The van der Waals surface area contributed by atoms with Crippen molar-refractivity contribution in [2.45, 2.75) is 19.4 Å². The number of urea groups is 1. The quantitative estimate of drug-likeness (QED) is 0.825. The molecule has 2 amide bonds. The highest BCUT2D eigenvalue weighted by Gasteiger charge is 2.29. The molecule has 1 aliphatic heterocycles. The van der Waals surface area contributed by atoms with E-state index in [-0.39, 0.29) is 12.1 Å². The van der Waals surface area contributed by atoms with Crippen LogP contribution in [0.5, 0.6) is 0 Å². The van der Waals surface area contributed by atoms with Crippen LogP contribution in [-0.4, -0.2) is 32.2 Å². The average molecular weight is 233 g/mol. The van der Waals surface area contributed by atoms with Gasteiger partial charge in [-0.05, 0) is 25.1 Å². The van der Waals surface area contributed by atoms with Gasteiger partial charge in [0.2, 0.25) is 0 Å². The number of amides is 2. The highest BCUT2D eigenvalue weighted by atomic mass is 16.2. The number of carbonyl (C=O) groups excluding carboxylic acids is 1. The molecule has 1 heterocycles. The molecule has 4 heteroatoms. The minimum Gasteiger partial charge on any atom is -0.332 e. The number of rotatable bonds is 4. The first kappa shape index (κ1) is 11.9. The Hall–Kier alpha value is -1.55. The van der Waals surface area contributed by atoms with E-state index in [0.717, 1.165) is 25.2 Å². The molecule has 17 heavy (non-hydrogen) atoms. The Labute approximate surface area is 102 Å². The Kier molecular flexibility index (Phi) is 3.64. The third-order valence-electron chi connectivity index (χ3n) is 3.09. The molecule has 1 unspecified atom stereocenters. The summed E-state index contributed by atoms with van der Waals surface area (Å²) in [6.45, 7) is 3.64. The second-order valence-electron chi connectivity index (χ2n) is 4.30. The minimum absolute atomic E-state index is 0.00569. The maximum atomic E-state index is 11.9. The molecule has 1 fully saturated rings. The predicted octanol–water partition coefficient (Wildman–Crippen LogP) is 1.37. The van der Waals surface area contributed by atoms with Gasteiger partial charge in [0.15, 0.2) is 0 Å². The zero-order valence-electron chi connectivity index (χ0n) is 10.4. The van der Waals surface area contributed by atoms with Crippen LogP contribution in [0.4, 0.5) is 10.5 Å². The zero-order chi connectivity index (χ0) is 12.3. The molecule has 1 saturated heterocycles. The fourth-order valence-corrected chi connectivity index (χ4v) is 2.24. The third kappa shape index (κ3) is 2.42. The number of likely N-dealkylation sites (N-methyl/N-ethyl adjacent to an activating group) is 1. The summed E-state index contributed by atoms with van der Waals surface area (Å²) in [7, 11) is 1.90. The highest BCUT2D eigenvalue weighted by molar-refractivity contribution is 5.95. The summed E-state index contributed by atoms with van der Waals surface area (Å²) in [5.41, 5.74) is 2.25. The van der Waals surface area contributed by atoms with Crippen LogP contribution in [-0.2, 0) is 6.42 Å². The van der Waals surface area contributed by atoms with Gasteiger partial charge in [0.25, 0.3) is 0 Å². The van der Waals surface area contributed by atoms with Crippen LogP contribution in [0.2, 0.25) is 0 Å². The van der Waals surface area contributed by atoms with Crippen LogP contribution >= 0.6 is 0 Å². The summed E-state index contributed by atoms with van der Waals surface area (Å²) in [4.78, 5) is 13.7. The maximum Gasteiger partial charge on any atom is 0.322 e. The van der Waals surface area contributed by atoms with Crippen LogP contribution in [0, 0.1) is 0 Å². The Bertz CT molecular complexity index is 405. The van der Waals surface area contributed by atoms with Crippen LogP contribution in [0.3, 0.4) is 0 Å². The molecule has 4 nitrogen and oxygen atoms in total.